The Bertz CT molecular complexity index is 724. The lowest BCUT2D eigenvalue weighted by atomic mass is 9.92. The Morgan fingerprint density at radius 1 is 1.38 bits per heavy atom. The molecule has 0 unspecified atom stereocenters. The van der Waals surface area contributed by atoms with Crippen LogP contribution >= 0.6 is 11.3 Å². The maximum Gasteiger partial charge on any atom is 0.227 e. The van der Waals surface area contributed by atoms with Crippen molar-refractivity contribution >= 4 is 33.1 Å². The molecule has 24 heavy (non-hydrogen) atoms. The van der Waals surface area contributed by atoms with Crippen LogP contribution in [0.4, 0.5) is 0 Å². The minimum atomic E-state index is -3.31. The van der Waals surface area contributed by atoms with E-state index in [1.165, 1.54) is 18.3 Å². The topological polar surface area (TPSA) is 83.6 Å². The summed E-state index contributed by atoms with van der Waals surface area (Å²) in [6.07, 6.45) is 1.38. The lowest BCUT2D eigenvalue weighted by Crippen LogP contribution is -2.41. The minimum absolute atomic E-state index is 0.00263. The van der Waals surface area contributed by atoms with Gasteiger partial charge in [-0.2, -0.15) is 0 Å². The number of ketones is 1. The molecule has 0 bridgehead atoms. The molecular formula is C16H24N2O4S2. The molecule has 2 atom stereocenters. The highest BCUT2D eigenvalue weighted by Gasteiger charge is 2.38. The Hall–Kier alpha value is -1.25. The van der Waals surface area contributed by atoms with Gasteiger partial charge in [0.1, 0.15) is 0 Å². The lowest BCUT2D eigenvalue weighted by Gasteiger charge is -2.21. The molecule has 1 aliphatic heterocycles. The number of hydrogen-bond acceptors (Lipinski definition) is 5. The highest BCUT2D eigenvalue weighted by molar-refractivity contribution is 7.88. The van der Waals surface area contributed by atoms with E-state index in [-0.39, 0.29) is 36.0 Å². The van der Waals surface area contributed by atoms with E-state index in [2.05, 4.69) is 4.72 Å². The molecular weight excluding hydrogens is 348 g/mol. The van der Waals surface area contributed by atoms with Gasteiger partial charge in [0.2, 0.25) is 15.9 Å². The fourth-order valence-electron chi connectivity index (χ4n) is 3.05. The summed E-state index contributed by atoms with van der Waals surface area (Å²) in [4.78, 5) is 26.3. The number of sulfonamides is 1. The predicted octanol–water partition coefficient (Wildman–Crippen LogP) is 1.53. The van der Waals surface area contributed by atoms with Gasteiger partial charge in [0.25, 0.3) is 0 Å². The Kier molecular flexibility index (Phi) is 5.83. The Balaban J connectivity index is 2.05. The lowest BCUT2D eigenvalue weighted by molar-refractivity contribution is -0.129. The quantitative estimate of drug-likeness (QED) is 0.768. The van der Waals surface area contributed by atoms with Crippen LogP contribution in [0.25, 0.3) is 0 Å². The summed E-state index contributed by atoms with van der Waals surface area (Å²) >= 11 is 1.34. The molecule has 134 valence electrons. The first-order chi connectivity index (χ1) is 11.1. The van der Waals surface area contributed by atoms with Crippen LogP contribution in [-0.2, 0) is 21.2 Å². The standard InChI is InChI=1S/C16H24N2O4S2/c1-10(2)13-7-18(8-14(13)17-24(4,21)22)16(20)6-12-5-15(11(3)19)23-9-12/h5,9-10,13-14,17H,6-8H2,1-4H3/t13-,14+/m0/s1. The number of amides is 1. The van der Waals surface area contributed by atoms with Crippen LogP contribution < -0.4 is 4.72 Å². The van der Waals surface area contributed by atoms with E-state index < -0.39 is 10.0 Å². The normalized spacial score (nSPS) is 21.5. The van der Waals surface area contributed by atoms with Gasteiger partial charge >= 0.3 is 0 Å². The van der Waals surface area contributed by atoms with Gasteiger partial charge in [-0.05, 0) is 35.8 Å². The van der Waals surface area contributed by atoms with Gasteiger partial charge < -0.3 is 4.90 Å². The first-order valence-corrected chi connectivity index (χ1v) is 10.7. The van der Waals surface area contributed by atoms with Crippen LogP contribution in [0.5, 0.6) is 0 Å². The number of Topliss-reactive ketones (excluding diaryl/α,β-unsaturated/α-hetero) is 1. The number of rotatable bonds is 6. The fourth-order valence-corrected chi connectivity index (χ4v) is 4.66. The zero-order valence-electron chi connectivity index (χ0n) is 14.4. The highest BCUT2D eigenvalue weighted by atomic mass is 32.2. The van der Waals surface area contributed by atoms with E-state index >= 15 is 0 Å². The maximum absolute atomic E-state index is 12.5. The first kappa shape index (κ1) is 19.1. The largest absolute Gasteiger partial charge is 0.340 e. The van der Waals surface area contributed by atoms with Crippen LogP contribution in [0, 0.1) is 11.8 Å². The van der Waals surface area contributed by atoms with Gasteiger partial charge in [-0.25, -0.2) is 13.1 Å². The summed E-state index contributed by atoms with van der Waals surface area (Å²) < 4.78 is 25.7. The number of nitrogens with zero attached hydrogens (tertiary/aromatic N) is 1. The van der Waals surface area contributed by atoms with Crippen LogP contribution in [-0.4, -0.2) is 50.4 Å². The molecule has 0 aromatic carbocycles. The van der Waals surface area contributed by atoms with E-state index in [9.17, 15) is 18.0 Å². The summed E-state index contributed by atoms with van der Waals surface area (Å²) in [5, 5.41) is 1.83. The van der Waals surface area contributed by atoms with Crippen LogP contribution in [0.15, 0.2) is 11.4 Å². The van der Waals surface area contributed by atoms with E-state index in [0.717, 1.165) is 11.8 Å². The first-order valence-electron chi connectivity index (χ1n) is 7.90. The molecule has 2 heterocycles. The Labute approximate surface area is 147 Å². The molecule has 1 fully saturated rings. The molecule has 0 aliphatic carbocycles. The molecule has 1 aliphatic rings. The molecule has 6 nitrogen and oxygen atoms in total. The van der Waals surface area contributed by atoms with E-state index in [1.54, 1.807) is 11.0 Å². The average Bonchev–Trinajstić information content (AvgIpc) is 3.03. The van der Waals surface area contributed by atoms with E-state index in [1.807, 2.05) is 19.2 Å². The van der Waals surface area contributed by atoms with Crippen LogP contribution in [0.1, 0.15) is 36.0 Å². The smallest absolute Gasteiger partial charge is 0.227 e. The molecule has 0 radical (unpaired) electrons. The summed E-state index contributed by atoms with van der Waals surface area (Å²) in [5.74, 6) is 0.329. The molecule has 1 N–H and O–H groups in total. The van der Waals surface area contributed by atoms with Gasteiger partial charge in [0, 0.05) is 19.1 Å². The van der Waals surface area contributed by atoms with Crippen molar-refractivity contribution in [3.63, 3.8) is 0 Å². The average molecular weight is 373 g/mol. The molecule has 1 amide bonds. The molecule has 1 aromatic heterocycles. The molecule has 2 rings (SSSR count). The summed E-state index contributed by atoms with van der Waals surface area (Å²) in [5.41, 5.74) is 0.829. The third-order valence-corrected chi connectivity index (χ3v) is 6.11. The minimum Gasteiger partial charge on any atom is -0.340 e. The second-order valence-corrected chi connectivity index (χ2v) is 9.45. The number of carbonyl (C=O) groups is 2. The van der Waals surface area contributed by atoms with Gasteiger partial charge in [-0.15, -0.1) is 11.3 Å². The summed E-state index contributed by atoms with van der Waals surface area (Å²) in [6.45, 7) is 6.51. The molecule has 0 saturated carbocycles. The SMILES string of the molecule is CC(=O)c1cc(CC(=O)N2C[C@@H](NS(C)(=O)=O)[C@H](C(C)C)C2)cs1. The highest BCUT2D eigenvalue weighted by Crippen LogP contribution is 2.26. The summed E-state index contributed by atoms with van der Waals surface area (Å²) in [7, 11) is -3.31. The van der Waals surface area contributed by atoms with E-state index in [0.29, 0.717) is 18.0 Å². The van der Waals surface area contributed by atoms with Gasteiger partial charge in [0.15, 0.2) is 5.78 Å². The third kappa shape index (κ3) is 4.87. The number of nitrogens with one attached hydrogen (secondary N) is 1. The molecule has 8 heteroatoms. The zero-order valence-corrected chi connectivity index (χ0v) is 16.0. The number of thiophene rings is 1. The number of likely N-dealkylation sites (tertiary alicyclic amines) is 1. The molecule has 1 saturated heterocycles. The van der Waals surface area contributed by atoms with Crippen molar-refractivity contribution in [2.24, 2.45) is 11.8 Å². The van der Waals surface area contributed by atoms with Gasteiger partial charge in [0.05, 0.1) is 17.6 Å². The van der Waals surface area contributed by atoms with Crippen molar-refractivity contribution < 1.29 is 18.0 Å². The second-order valence-electron chi connectivity index (χ2n) is 6.76. The summed E-state index contributed by atoms with van der Waals surface area (Å²) in [6, 6.07) is 1.51. The van der Waals surface area contributed by atoms with Crippen molar-refractivity contribution in [1.82, 2.24) is 9.62 Å². The van der Waals surface area contributed by atoms with Gasteiger partial charge in [-0.3, -0.25) is 9.59 Å². The maximum atomic E-state index is 12.5. The van der Waals surface area contributed by atoms with Crippen molar-refractivity contribution in [2.75, 3.05) is 19.3 Å². The molecule has 1 aromatic rings. The number of hydrogen-bond donors (Lipinski definition) is 1. The van der Waals surface area contributed by atoms with Crippen LogP contribution in [0.2, 0.25) is 0 Å². The monoisotopic (exact) mass is 372 g/mol. The van der Waals surface area contributed by atoms with Crippen LogP contribution in [0.3, 0.4) is 0 Å². The number of carbonyl (C=O) groups excluding carboxylic acids is 2. The molecule has 0 spiro atoms. The van der Waals surface area contributed by atoms with Gasteiger partial charge in [-0.1, -0.05) is 13.8 Å². The predicted molar refractivity (Wildman–Crippen MR) is 94.7 cm³/mol. The Morgan fingerprint density at radius 2 is 2.04 bits per heavy atom. The fraction of sp³-hybridized carbons (Fsp3) is 0.625. The van der Waals surface area contributed by atoms with Crippen molar-refractivity contribution in [1.29, 1.82) is 0 Å². The Morgan fingerprint density at radius 3 is 2.54 bits per heavy atom. The van der Waals surface area contributed by atoms with Crippen molar-refractivity contribution in [3.05, 3.63) is 21.9 Å². The van der Waals surface area contributed by atoms with Crippen molar-refractivity contribution in [3.8, 4) is 0 Å². The third-order valence-electron chi connectivity index (χ3n) is 4.30. The zero-order chi connectivity index (χ0) is 18.1. The van der Waals surface area contributed by atoms with E-state index in [4.69, 9.17) is 0 Å². The van der Waals surface area contributed by atoms with Crippen molar-refractivity contribution in [2.45, 2.75) is 33.2 Å². The second kappa shape index (κ2) is 7.33.